The highest BCUT2D eigenvalue weighted by Gasteiger charge is 1.97. The van der Waals surface area contributed by atoms with Crippen LogP contribution in [-0.4, -0.2) is 17.7 Å². The normalized spacial score (nSPS) is 11.4. The maximum absolute atomic E-state index is 10.7. The molecule has 0 atom stereocenters. The molecule has 5 heteroatoms. The Hall–Kier alpha value is -2.43. The van der Waals surface area contributed by atoms with E-state index < -0.39 is 5.97 Å². The molecule has 0 amide bonds. The van der Waals surface area contributed by atoms with Crippen molar-refractivity contribution in [2.24, 2.45) is 5.16 Å². The summed E-state index contributed by atoms with van der Waals surface area (Å²) in [6, 6.07) is 6.99. The summed E-state index contributed by atoms with van der Waals surface area (Å²) in [6.45, 7) is 4.35. The molecule has 0 bridgehead atoms. The zero-order valence-electron chi connectivity index (χ0n) is 11.0. The molecule has 1 aromatic rings. The number of carbonyl (C=O) groups excluding carboxylic acids is 2. The number of benzene rings is 1. The lowest BCUT2D eigenvalue weighted by molar-refractivity contribution is -0.141. The van der Waals surface area contributed by atoms with E-state index in [9.17, 15) is 9.59 Å². The molecule has 0 aromatic heterocycles. The Labute approximate surface area is 111 Å². The minimum absolute atomic E-state index is 0.354. The van der Waals surface area contributed by atoms with Crippen molar-refractivity contribution in [1.82, 2.24) is 0 Å². The number of hydrogen-bond acceptors (Lipinski definition) is 5. The number of esters is 1. The second kappa shape index (κ2) is 7.10. The van der Waals surface area contributed by atoms with Gasteiger partial charge in [0, 0.05) is 13.8 Å². The van der Waals surface area contributed by atoms with Gasteiger partial charge in [0.25, 0.3) is 0 Å². The van der Waals surface area contributed by atoms with Crippen molar-refractivity contribution < 1.29 is 19.2 Å². The lowest BCUT2D eigenvalue weighted by Crippen LogP contribution is -2.00. The van der Waals surface area contributed by atoms with E-state index in [0.717, 1.165) is 5.56 Å². The van der Waals surface area contributed by atoms with E-state index in [2.05, 4.69) is 9.99 Å². The topological polar surface area (TPSA) is 65.0 Å². The Morgan fingerprint density at radius 2 is 1.68 bits per heavy atom. The van der Waals surface area contributed by atoms with Crippen molar-refractivity contribution in [2.75, 3.05) is 0 Å². The second-order valence-corrected chi connectivity index (χ2v) is 3.81. The highest BCUT2D eigenvalue weighted by Crippen LogP contribution is 2.13. The van der Waals surface area contributed by atoms with E-state index in [-0.39, 0.29) is 5.97 Å². The molecule has 1 aromatic carbocycles. The van der Waals surface area contributed by atoms with E-state index in [4.69, 9.17) is 4.74 Å². The summed E-state index contributed by atoms with van der Waals surface area (Å²) in [5, 5.41) is 3.61. The first-order valence-electron chi connectivity index (χ1n) is 5.66. The van der Waals surface area contributed by atoms with Crippen LogP contribution in [0.2, 0.25) is 0 Å². The van der Waals surface area contributed by atoms with Crippen molar-refractivity contribution in [1.29, 1.82) is 0 Å². The molecule has 0 saturated heterocycles. The molecule has 0 aliphatic heterocycles. The summed E-state index contributed by atoms with van der Waals surface area (Å²) in [4.78, 5) is 25.8. The maximum atomic E-state index is 10.7. The van der Waals surface area contributed by atoms with Crippen molar-refractivity contribution in [3.05, 3.63) is 35.9 Å². The monoisotopic (exact) mass is 261 g/mol. The number of ether oxygens (including phenoxy) is 1. The highest BCUT2D eigenvalue weighted by atomic mass is 16.7. The van der Waals surface area contributed by atoms with Gasteiger partial charge in [0.15, 0.2) is 0 Å². The zero-order valence-corrected chi connectivity index (χ0v) is 11.0. The molecule has 0 radical (unpaired) electrons. The Kier molecular flexibility index (Phi) is 5.47. The lowest BCUT2D eigenvalue weighted by Gasteiger charge is -2.00. The van der Waals surface area contributed by atoms with Crippen molar-refractivity contribution in [3.63, 3.8) is 0 Å². The number of rotatable bonds is 4. The summed E-state index contributed by atoms with van der Waals surface area (Å²) in [5.41, 5.74) is 1.48. The Balaban J connectivity index is 2.64. The van der Waals surface area contributed by atoms with E-state index in [0.29, 0.717) is 11.5 Å². The Bertz CT molecular complexity index is 515. The summed E-state index contributed by atoms with van der Waals surface area (Å²) < 4.78 is 4.92. The average molecular weight is 261 g/mol. The predicted molar refractivity (Wildman–Crippen MR) is 71.7 cm³/mol. The van der Waals surface area contributed by atoms with Gasteiger partial charge in [0.1, 0.15) is 5.75 Å². The van der Waals surface area contributed by atoms with Gasteiger partial charge in [-0.05, 0) is 30.7 Å². The minimum atomic E-state index is -0.460. The van der Waals surface area contributed by atoms with Gasteiger partial charge in [0.05, 0.1) is 5.71 Å². The highest BCUT2D eigenvalue weighted by molar-refractivity contribution is 5.96. The maximum Gasteiger partial charge on any atom is 0.331 e. The van der Waals surface area contributed by atoms with Crippen LogP contribution < -0.4 is 4.74 Å². The molecule has 100 valence electrons. The lowest BCUT2D eigenvalue weighted by atomic mass is 10.2. The van der Waals surface area contributed by atoms with Crippen molar-refractivity contribution in [3.8, 4) is 5.75 Å². The van der Waals surface area contributed by atoms with Crippen molar-refractivity contribution >= 4 is 23.7 Å². The molecule has 0 N–H and O–H groups in total. The smallest absolute Gasteiger partial charge is 0.331 e. The third-order valence-corrected chi connectivity index (χ3v) is 1.98. The van der Waals surface area contributed by atoms with Crippen LogP contribution in [0, 0.1) is 0 Å². The van der Waals surface area contributed by atoms with Gasteiger partial charge in [-0.1, -0.05) is 23.4 Å². The SMILES string of the molecule is CC(=O)O/N=C(C)/C=C/c1ccc(OC(C)=O)cc1. The molecule has 1 rings (SSSR count). The average Bonchev–Trinajstić information content (AvgIpc) is 2.35. The summed E-state index contributed by atoms with van der Waals surface area (Å²) in [6.07, 6.45) is 3.52. The molecular formula is C14H15NO4. The summed E-state index contributed by atoms with van der Waals surface area (Å²) in [5.74, 6) is -0.318. The molecule has 0 aliphatic carbocycles. The van der Waals surface area contributed by atoms with E-state index in [1.54, 1.807) is 43.3 Å². The first-order valence-corrected chi connectivity index (χ1v) is 5.66. The molecule has 0 aliphatic rings. The van der Waals surface area contributed by atoms with Crippen LogP contribution in [0.3, 0.4) is 0 Å². The Morgan fingerprint density at radius 1 is 1.05 bits per heavy atom. The standard InChI is InChI=1S/C14H15NO4/c1-10(15-19-12(3)17)4-5-13-6-8-14(9-7-13)18-11(2)16/h4-9H,1-3H3/b5-4+,15-10+. The van der Waals surface area contributed by atoms with Crippen LogP contribution in [0.1, 0.15) is 26.3 Å². The number of carbonyl (C=O) groups is 2. The third-order valence-electron chi connectivity index (χ3n) is 1.98. The van der Waals surface area contributed by atoms with Gasteiger partial charge in [-0.3, -0.25) is 4.79 Å². The fourth-order valence-corrected chi connectivity index (χ4v) is 1.20. The van der Waals surface area contributed by atoms with Crippen LogP contribution in [-0.2, 0) is 14.4 Å². The second-order valence-electron chi connectivity index (χ2n) is 3.81. The van der Waals surface area contributed by atoms with E-state index in [1.807, 2.05) is 0 Å². The predicted octanol–water partition coefficient (Wildman–Crippen LogP) is 2.56. The van der Waals surface area contributed by atoms with Gasteiger partial charge >= 0.3 is 11.9 Å². The fourth-order valence-electron chi connectivity index (χ4n) is 1.20. The molecular weight excluding hydrogens is 246 g/mol. The number of allylic oxidation sites excluding steroid dienone is 1. The van der Waals surface area contributed by atoms with Gasteiger partial charge in [-0.15, -0.1) is 0 Å². The number of oxime groups is 1. The van der Waals surface area contributed by atoms with Gasteiger partial charge < -0.3 is 9.57 Å². The largest absolute Gasteiger partial charge is 0.427 e. The molecule has 0 spiro atoms. The van der Waals surface area contributed by atoms with E-state index in [1.165, 1.54) is 13.8 Å². The zero-order chi connectivity index (χ0) is 14.3. The molecule has 0 unspecified atom stereocenters. The van der Waals surface area contributed by atoms with E-state index >= 15 is 0 Å². The third kappa shape index (κ3) is 6.16. The molecule has 0 saturated carbocycles. The number of nitrogens with zero attached hydrogens (tertiary/aromatic N) is 1. The fraction of sp³-hybridized carbons (Fsp3) is 0.214. The van der Waals surface area contributed by atoms with Crippen molar-refractivity contribution in [2.45, 2.75) is 20.8 Å². The summed E-state index contributed by atoms with van der Waals surface area (Å²) in [7, 11) is 0. The summed E-state index contributed by atoms with van der Waals surface area (Å²) >= 11 is 0. The molecule has 0 heterocycles. The molecule has 0 fully saturated rings. The van der Waals surface area contributed by atoms with Crippen LogP contribution in [0.4, 0.5) is 0 Å². The van der Waals surface area contributed by atoms with Gasteiger partial charge in [-0.25, -0.2) is 4.79 Å². The van der Waals surface area contributed by atoms with Crippen LogP contribution in [0.15, 0.2) is 35.5 Å². The quantitative estimate of drug-likeness (QED) is 0.275. The van der Waals surface area contributed by atoms with Crippen LogP contribution in [0.5, 0.6) is 5.75 Å². The van der Waals surface area contributed by atoms with Crippen LogP contribution >= 0.6 is 0 Å². The first kappa shape index (κ1) is 14.6. The van der Waals surface area contributed by atoms with Crippen LogP contribution in [0.25, 0.3) is 6.08 Å². The number of hydrogen-bond donors (Lipinski definition) is 0. The first-order chi connectivity index (χ1) is 8.97. The van der Waals surface area contributed by atoms with Gasteiger partial charge in [-0.2, -0.15) is 0 Å². The molecule has 19 heavy (non-hydrogen) atoms. The Morgan fingerprint density at radius 3 is 2.21 bits per heavy atom. The van der Waals surface area contributed by atoms with Gasteiger partial charge in [0.2, 0.25) is 0 Å². The minimum Gasteiger partial charge on any atom is -0.427 e. The molecule has 5 nitrogen and oxygen atoms in total.